The number of benzene rings is 1. The van der Waals surface area contributed by atoms with Crippen LogP contribution < -0.4 is 0 Å². The van der Waals surface area contributed by atoms with Crippen LogP contribution in [0.1, 0.15) is 63.0 Å². The molecule has 30 heavy (non-hydrogen) atoms. The van der Waals surface area contributed by atoms with Crippen LogP contribution in [0.2, 0.25) is 0 Å². The van der Waals surface area contributed by atoms with Gasteiger partial charge >= 0.3 is 0 Å². The third kappa shape index (κ3) is 5.50. The van der Waals surface area contributed by atoms with Gasteiger partial charge in [0.1, 0.15) is 4.32 Å². The normalized spacial score (nSPS) is 21.2. The molecule has 2 fully saturated rings. The molecule has 3 rings (SSSR count). The molecule has 0 spiro atoms. The highest BCUT2D eigenvalue weighted by molar-refractivity contribution is 8.26. The number of piperidine rings is 1. The van der Waals surface area contributed by atoms with Crippen molar-refractivity contribution < 1.29 is 14.7 Å². The highest BCUT2D eigenvalue weighted by atomic mass is 32.2. The summed E-state index contributed by atoms with van der Waals surface area (Å²) < 4.78 is 0.503. The van der Waals surface area contributed by atoms with Crippen LogP contribution in [0.4, 0.5) is 0 Å². The van der Waals surface area contributed by atoms with Gasteiger partial charge in [-0.25, -0.2) is 0 Å². The topological polar surface area (TPSA) is 60.9 Å². The fourth-order valence-electron chi connectivity index (χ4n) is 3.95. The van der Waals surface area contributed by atoms with Crippen molar-refractivity contribution in [2.75, 3.05) is 19.7 Å². The second-order valence-electron chi connectivity index (χ2n) is 8.15. The highest BCUT2D eigenvalue weighted by Crippen LogP contribution is 2.33. The van der Waals surface area contributed by atoms with Gasteiger partial charge < -0.3 is 10.0 Å². The van der Waals surface area contributed by atoms with E-state index in [0.29, 0.717) is 28.1 Å². The first kappa shape index (κ1) is 23.0. The Kier molecular flexibility index (Phi) is 8.08. The van der Waals surface area contributed by atoms with Gasteiger partial charge in [0.05, 0.1) is 4.91 Å². The lowest BCUT2D eigenvalue weighted by molar-refractivity contribution is -0.135. The summed E-state index contributed by atoms with van der Waals surface area (Å²) in [7, 11) is 0. The molecule has 0 saturated carbocycles. The molecule has 1 aromatic rings. The van der Waals surface area contributed by atoms with Gasteiger partial charge in [0, 0.05) is 32.2 Å². The van der Waals surface area contributed by atoms with Gasteiger partial charge in [-0.3, -0.25) is 14.5 Å². The van der Waals surface area contributed by atoms with Crippen LogP contribution in [-0.4, -0.2) is 56.8 Å². The predicted molar refractivity (Wildman–Crippen MR) is 126 cm³/mol. The van der Waals surface area contributed by atoms with Crippen molar-refractivity contribution in [2.45, 2.75) is 57.9 Å². The summed E-state index contributed by atoms with van der Waals surface area (Å²) >= 11 is 6.70. The second-order valence-corrected chi connectivity index (χ2v) is 9.83. The van der Waals surface area contributed by atoms with Crippen molar-refractivity contribution in [1.82, 2.24) is 9.80 Å². The van der Waals surface area contributed by atoms with Crippen molar-refractivity contribution in [3.63, 3.8) is 0 Å². The van der Waals surface area contributed by atoms with Crippen LogP contribution in [0, 0.1) is 0 Å². The lowest BCUT2D eigenvalue weighted by Crippen LogP contribution is -2.45. The standard InChI is InChI=1S/C23H30N2O3S2/c1-16(2)18-8-6-17(7-9-18)15-20-22(28)25(23(29)30-20)13-10-21(27)24-12-4-3-5-19(24)11-14-26/h6-9,15-16,19,26H,3-5,10-14H2,1-2H3/b20-15-/t19-/m0/s1. The lowest BCUT2D eigenvalue weighted by Gasteiger charge is -2.36. The van der Waals surface area contributed by atoms with Gasteiger partial charge in [-0.15, -0.1) is 0 Å². The van der Waals surface area contributed by atoms with Crippen LogP contribution >= 0.6 is 24.0 Å². The van der Waals surface area contributed by atoms with Gasteiger partial charge in [-0.1, -0.05) is 62.1 Å². The molecule has 7 heteroatoms. The molecule has 2 heterocycles. The third-order valence-electron chi connectivity index (χ3n) is 5.73. The van der Waals surface area contributed by atoms with Crippen molar-refractivity contribution in [2.24, 2.45) is 0 Å². The molecule has 162 valence electrons. The summed E-state index contributed by atoms with van der Waals surface area (Å²) in [5.41, 5.74) is 2.23. The Morgan fingerprint density at radius 1 is 1.30 bits per heavy atom. The Morgan fingerprint density at radius 2 is 2.03 bits per heavy atom. The van der Waals surface area contributed by atoms with E-state index in [4.69, 9.17) is 12.2 Å². The minimum atomic E-state index is -0.128. The first-order valence-corrected chi connectivity index (χ1v) is 11.9. The van der Waals surface area contributed by atoms with E-state index in [1.54, 1.807) is 0 Å². The van der Waals surface area contributed by atoms with Crippen molar-refractivity contribution >= 4 is 46.2 Å². The number of nitrogens with zero attached hydrogens (tertiary/aromatic N) is 2. The summed E-state index contributed by atoms with van der Waals surface area (Å²) in [5.74, 6) is 0.374. The highest BCUT2D eigenvalue weighted by Gasteiger charge is 2.33. The maximum atomic E-state index is 12.8. The number of aliphatic hydroxyl groups excluding tert-OH is 1. The average Bonchev–Trinajstić information content (AvgIpc) is 3.00. The van der Waals surface area contributed by atoms with E-state index in [1.165, 1.54) is 22.2 Å². The fraction of sp³-hybridized carbons (Fsp3) is 0.522. The summed E-state index contributed by atoms with van der Waals surface area (Å²) in [6, 6.07) is 8.30. The zero-order valence-electron chi connectivity index (χ0n) is 17.7. The fourth-order valence-corrected chi connectivity index (χ4v) is 5.26. The molecule has 0 unspecified atom stereocenters. The SMILES string of the molecule is CC(C)c1ccc(/C=C2\SC(=S)N(CCC(=O)N3CCCC[C@H]3CCO)C2=O)cc1. The average molecular weight is 447 g/mol. The zero-order chi connectivity index (χ0) is 21.7. The van der Waals surface area contributed by atoms with Crippen LogP contribution in [0.5, 0.6) is 0 Å². The third-order valence-corrected chi connectivity index (χ3v) is 7.11. The Balaban J connectivity index is 1.61. The van der Waals surface area contributed by atoms with Crippen molar-refractivity contribution in [3.8, 4) is 0 Å². The van der Waals surface area contributed by atoms with Gasteiger partial charge in [-0.2, -0.15) is 0 Å². The second kappa shape index (κ2) is 10.6. The molecule has 1 aromatic carbocycles. The van der Waals surface area contributed by atoms with Gasteiger partial charge in [-0.05, 0) is 48.8 Å². The van der Waals surface area contributed by atoms with E-state index in [-0.39, 0.29) is 30.9 Å². The van der Waals surface area contributed by atoms with Crippen LogP contribution in [-0.2, 0) is 9.59 Å². The Morgan fingerprint density at radius 3 is 2.70 bits per heavy atom. The minimum absolute atomic E-state index is 0.0375. The number of carbonyl (C=O) groups is 2. The first-order valence-electron chi connectivity index (χ1n) is 10.7. The molecule has 1 N–H and O–H groups in total. The molecule has 1 atom stereocenters. The number of likely N-dealkylation sites (tertiary alicyclic amines) is 1. The lowest BCUT2D eigenvalue weighted by atomic mass is 9.99. The van der Waals surface area contributed by atoms with Gasteiger partial charge in [0.2, 0.25) is 5.91 Å². The Labute approximate surface area is 188 Å². The molecular weight excluding hydrogens is 416 g/mol. The van der Waals surface area contributed by atoms with E-state index in [2.05, 4.69) is 26.0 Å². The monoisotopic (exact) mass is 446 g/mol. The number of thiocarbonyl (C=S) groups is 1. The Hall–Kier alpha value is -1.70. The van der Waals surface area contributed by atoms with E-state index >= 15 is 0 Å². The molecule has 2 saturated heterocycles. The summed E-state index contributed by atoms with van der Waals surface area (Å²) in [5, 5.41) is 9.27. The first-order chi connectivity index (χ1) is 14.4. The number of rotatable bonds is 7. The summed E-state index contributed by atoms with van der Waals surface area (Å²) in [4.78, 5) is 29.6. The Bertz CT molecular complexity index is 818. The number of aliphatic hydroxyl groups is 1. The summed E-state index contributed by atoms with van der Waals surface area (Å²) in [6.45, 7) is 5.42. The minimum Gasteiger partial charge on any atom is -0.396 e. The molecule has 0 aliphatic carbocycles. The van der Waals surface area contributed by atoms with E-state index in [0.717, 1.165) is 31.4 Å². The van der Waals surface area contributed by atoms with Crippen molar-refractivity contribution in [1.29, 1.82) is 0 Å². The number of hydrogen-bond donors (Lipinski definition) is 1. The van der Waals surface area contributed by atoms with Gasteiger partial charge in [0.25, 0.3) is 5.91 Å². The largest absolute Gasteiger partial charge is 0.396 e. The van der Waals surface area contributed by atoms with Gasteiger partial charge in [0.15, 0.2) is 0 Å². The smallest absolute Gasteiger partial charge is 0.266 e. The van der Waals surface area contributed by atoms with Crippen LogP contribution in [0.3, 0.4) is 0 Å². The molecule has 2 aliphatic rings. The van der Waals surface area contributed by atoms with Crippen LogP contribution in [0.25, 0.3) is 6.08 Å². The molecule has 2 amide bonds. The number of amides is 2. The van der Waals surface area contributed by atoms with E-state index < -0.39 is 0 Å². The van der Waals surface area contributed by atoms with Crippen molar-refractivity contribution in [3.05, 3.63) is 40.3 Å². The van der Waals surface area contributed by atoms with E-state index in [1.807, 2.05) is 23.1 Å². The maximum absolute atomic E-state index is 12.8. The molecule has 2 aliphatic heterocycles. The maximum Gasteiger partial charge on any atom is 0.266 e. The molecule has 5 nitrogen and oxygen atoms in total. The summed E-state index contributed by atoms with van der Waals surface area (Å²) in [6.07, 6.45) is 5.76. The molecule has 0 aromatic heterocycles. The predicted octanol–water partition coefficient (Wildman–Crippen LogP) is 4.16. The molecule has 0 radical (unpaired) electrons. The van der Waals surface area contributed by atoms with E-state index in [9.17, 15) is 14.7 Å². The van der Waals surface area contributed by atoms with Crippen LogP contribution in [0.15, 0.2) is 29.2 Å². The number of thioether (sulfide) groups is 1. The molecule has 0 bridgehead atoms. The molecular formula is C23H30N2O3S2. The quantitative estimate of drug-likeness (QED) is 0.503. The zero-order valence-corrected chi connectivity index (χ0v) is 19.3. The number of hydrogen-bond acceptors (Lipinski definition) is 5. The number of carbonyl (C=O) groups excluding carboxylic acids is 2.